The van der Waals surface area contributed by atoms with E-state index >= 15 is 0 Å². The summed E-state index contributed by atoms with van der Waals surface area (Å²) in [5.41, 5.74) is 3.50. The highest BCUT2D eigenvalue weighted by Crippen LogP contribution is 2.21. The Labute approximate surface area is 119 Å². The van der Waals surface area contributed by atoms with E-state index in [-0.39, 0.29) is 12.3 Å². The largest absolute Gasteiger partial charge is 0.481 e. The van der Waals surface area contributed by atoms with Gasteiger partial charge in [0.1, 0.15) is 0 Å². The van der Waals surface area contributed by atoms with Gasteiger partial charge < -0.3 is 5.11 Å². The summed E-state index contributed by atoms with van der Waals surface area (Å²) < 4.78 is 0. The van der Waals surface area contributed by atoms with Gasteiger partial charge in [0.05, 0.1) is 0 Å². The van der Waals surface area contributed by atoms with Gasteiger partial charge in [-0.15, -0.1) is 0 Å². The number of aromatic nitrogens is 1. The van der Waals surface area contributed by atoms with Gasteiger partial charge in [0.2, 0.25) is 0 Å². The van der Waals surface area contributed by atoms with Gasteiger partial charge >= 0.3 is 5.97 Å². The first-order chi connectivity index (χ1) is 9.65. The number of aryl methyl sites for hydroxylation is 1. The fraction of sp³-hybridized carbons (Fsp3) is 0.294. The lowest BCUT2D eigenvalue weighted by molar-refractivity contribution is -0.138. The Bertz CT molecular complexity index is 566. The van der Waals surface area contributed by atoms with Crippen molar-refractivity contribution in [3.8, 4) is 11.1 Å². The van der Waals surface area contributed by atoms with Crippen LogP contribution >= 0.6 is 0 Å². The molecular weight excluding hydrogens is 250 g/mol. The number of hydrogen-bond donors (Lipinski definition) is 1. The molecule has 0 aliphatic heterocycles. The van der Waals surface area contributed by atoms with E-state index in [4.69, 9.17) is 5.11 Å². The van der Waals surface area contributed by atoms with Gasteiger partial charge in [-0.25, -0.2) is 0 Å². The third-order valence-electron chi connectivity index (χ3n) is 3.37. The molecule has 3 nitrogen and oxygen atoms in total. The second-order valence-electron chi connectivity index (χ2n) is 5.18. The number of nitrogens with zero attached hydrogens (tertiary/aromatic N) is 1. The molecule has 0 aliphatic rings. The lowest BCUT2D eigenvalue weighted by Crippen LogP contribution is -2.05. The maximum atomic E-state index is 10.7. The van der Waals surface area contributed by atoms with E-state index < -0.39 is 5.97 Å². The van der Waals surface area contributed by atoms with Gasteiger partial charge in [-0.1, -0.05) is 37.3 Å². The van der Waals surface area contributed by atoms with Crippen LogP contribution in [0, 0.1) is 5.92 Å². The topological polar surface area (TPSA) is 50.2 Å². The summed E-state index contributed by atoms with van der Waals surface area (Å²) in [6, 6.07) is 12.3. The van der Waals surface area contributed by atoms with Gasteiger partial charge in [-0.3, -0.25) is 9.78 Å². The molecule has 2 aromatic rings. The minimum atomic E-state index is -0.721. The van der Waals surface area contributed by atoms with Crippen LogP contribution < -0.4 is 0 Å². The zero-order valence-corrected chi connectivity index (χ0v) is 11.6. The Morgan fingerprint density at radius 1 is 1.25 bits per heavy atom. The SMILES string of the molecule is CC(CCc1cccc(-c2cccnc2)c1)CC(=O)O. The molecule has 1 N–H and O–H groups in total. The molecule has 0 saturated heterocycles. The summed E-state index contributed by atoms with van der Waals surface area (Å²) in [6.45, 7) is 1.99. The van der Waals surface area contributed by atoms with Crippen LogP contribution in [0.2, 0.25) is 0 Å². The summed E-state index contributed by atoms with van der Waals surface area (Å²) in [4.78, 5) is 14.8. The minimum Gasteiger partial charge on any atom is -0.481 e. The molecule has 0 bridgehead atoms. The van der Waals surface area contributed by atoms with E-state index in [0.717, 1.165) is 24.0 Å². The third kappa shape index (κ3) is 4.19. The lowest BCUT2D eigenvalue weighted by atomic mass is 9.96. The van der Waals surface area contributed by atoms with Crippen LogP contribution in [0.5, 0.6) is 0 Å². The van der Waals surface area contributed by atoms with Gasteiger partial charge in [-0.05, 0) is 41.5 Å². The molecule has 0 saturated carbocycles. The predicted molar refractivity (Wildman–Crippen MR) is 79.4 cm³/mol. The van der Waals surface area contributed by atoms with Crippen LogP contribution in [0.1, 0.15) is 25.3 Å². The fourth-order valence-electron chi connectivity index (χ4n) is 2.25. The Balaban J connectivity index is 2.02. The first-order valence-electron chi connectivity index (χ1n) is 6.86. The van der Waals surface area contributed by atoms with E-state index in [1.807, 2.05) is 31.3 Å². The van der Waals surface area contributed by atoms with Crippen molar-refractivity contribution in [1.29, 1.82) is 0 Å². The third-order valence-corrected chi connectivity index (χ3v) is 3.37. The van der Waals surface area contributed by atoms with E-state index in [1.54, 1.807) is 6.20 Å². The second kappa shape index (κ2) is 6.85. The number of carboxylic acids is 1. The fourth-order valence-corrected chi connectivity index (χ4v) is 2.25. The van der Waals surface area contributed by atoms with Gasteiger partial charge in [0, 0.05) is 18.8 Å². The number of hydrogen-bond acceptors (Lipinski definition) is 2. The summed E-state index contributed by atoms with van der Waals surface area (Å²) in [5.74, 6) is -0.517. The van der Waals surface area contributed by atoms with Crippen molar-refractivity contribution in [3.05, 3.63) is 54.4 Å². The Hall–Kier alpha value is -2.16. The van der Waals surface area contributed by atoms with E-state index in [1.165, 1.54) is 5.56 Å². The number of carbonyl (C=O) groups is 1. The average molecular weight is 269 g/mol. The summed E-state index contributed by atoms with van der Waals surface area (Å²) in [6.07, 6.45) is 5.65. The Morgan fingerprint density at radius 3 is 2.75 bits per heavy atom. The molecule has 1 atom stereocenters. The number of carboxylic acid groups (broad SMARTS) is 1. The van der Waals surface area contributed by atoms with E-state index in [2.05, 4.69) is 23.2 Å². The molecule has 104 valence electrons. The molecule has 1 aromatic heterocycles. The molecule has 1 unspecified atom stereocenters. The van der Waals surface area contributed by atoms with Crippen molar-refractivity contribution < 1.29 is 9.90 Å². The van der Waals surface area contributed by atoms with E-state index in [9.17, 15) is 4.79 Å². The normalized spacial score (nSPS) is 12.1. The van der Waals surface area contributed by atoms with Crippen molar-refractivity contribution in [2.45, 2.75) is 26.2 Å². The monoisotopic (exact) mass is 269 g/mol. The Kier molecular flexibility index (Phi) is 4.88. The second-order valence-corrected chi connectivity index (χ2v) is 5.18. The highest BCUT2D eigenvalue weighted by molar-refractivity contribution is 5.67. The maximum Gasteiger partial charge on any atom is 0.303 e. The van der Waals surface area contributed by atoms with Crippen molar-refractivity contribution in [2.24, 2.45) is 5.92 Å². The smallest absolute Gasteiger partial charge is 0.303 e. The molecule has 1 aromatic carbocycles. The number of rotatable bonds is 6. The van der Waals surface area contributed by atoms with Crippen LogP contribution in [0.25, 0.3) is 11.1 Å². The van der Waals surface area contributed by atoms with Crippen molar-refractivity contribution in [3.63, 3.8) is 0 Å². The highest BCUT2D eigenvalue weighted by Gasteiger charge is 2.08. The highest BCUT2D eigenvalue weighted by atomic mass is 16.4. The summed E-state index contributed by atoms with van der Waals surface area (Å²) >= 11 is 0. The first kappa shape index (κ1) is 14.3. The first-order valence-corrected chi connectivity index (χ1v) is 6.86. The molecule has 0 spiro atoms. The van der Waals surface area contributed by atoms with Crippen LogP contribution in [-0.4, -0.2) is 16.1 Å². The van der Waals surface area contributed by atoms with Crippen LogP contribution in [0.3, 0.4) is 0 Å². The van der Waals surface area contributed by atoms with Crippen molar-refractivity contribution >= 4 is 5.97 Å². The molecule has 0 amide bonds. The van der Waals surface area contributed by atoms with E-state index in [0.29, 0.717) is 0 Å². The lowest BCUT2D eigenvalue weighted by Gasteiger charge is -2.09. The molecule has 3 heteroatoms. The standard InChI is InChI=1S/C17H19NO2/c1-13(10-17(19)20)7-8-14-4-2-5-15(11-14)16-6-3-9-18-12-16/h2-6,9,11-13H,7-8,10H2,1H3,(H,19,20). The summed E-state index contributed by atoms with van der Waals surface area (Å²) in [5, 5.41) is 8.77. The zero-order valence-electron chi connectivity index (χ0n) is 11.6. The zero-order chi connectivity index (χ0) is 14.4. The molecule has 0 aliphatic carbocycles. The quantitative estimate of drug-likeness (QED) is 0.868. The van der Waals surface area contributed by atoms with Gasteiger partial charge in [0.25, 0.3) is 0 Å². The van der Waals surface area contributed by atoms with Crippen LogP contribution in [0.15, 0.2) is 48.8 Å². The molecule has 0 radical (unpaired) electrons. The number of aliphatic carboxylic acids is 1. The van der Waals surface area contributed by atoms with Gasteiger partial charge in [-0.2, -0.15) is 0 Å². The summed E-state index contributed by atoms with van der Waals surface area (Å²) in [7, 11) is 0. The molecule has 20 heavy (non-hydrogen) atoms. The van der Waals surface area contributed by atoms with Crippen LogP contribution in [0.4, 0.5) is 0 Å². The average Bonchev–Trinajstić information content (AvgIpc) is 2.46. The number of pyridine rings is 1. The van der Waals surface area contributed by atoms with Crippen LogP contribution in [-0.2, 0) is 11.2 Å². The Morgan fingerprint density at radius 2 is 2.05 bits per heavy atom. The molecule has 0 fully saturated rings. The molecule has 1 heterocycles. The predicted octanol–water partition coefficient (Wildman–Crippen LogP) is 3.79. The maximum absolute atomic E-state index is 10.7. The van der Waals surface area contributed by atoms with Gasteiger partial charge in [0.15, 0.2) is 0 Å². The van der Waals surface area contributed by atoms with Crippen molar-refractivity contribution in [2.75, 3.05) is 0 Å². The molecule has 2 rings (SSSR count). The minimum absolute atomic E-state index is 0.203. The van der Waals surface area contributed by atoms with Crippen molar-refractivity contribution in [1.82, 2.24) is 4.98 Å². The molecular formula is C17H19NO2. The number of benzene rings is 1.